The van der Waals surface area contributed by atoms with E-state index < -0.39 is 25.1 Å². The average Bonchev–Trinajstić information content (AvgIpc) is 3.07. The van der Waals surface area contributed by atoms with Gasteiger partial charge in [-0.3, -0.25) is 9.11 Å². The Morgan fingerprint density at radius 1 is 0.755 bits per heavy atom. The Kier molecular flexibility index (Phi) is 10.7. The fourth-order valence-corrected chi connectivity index (χ4v) is 7.18. The Balaban J connectivity index is 1.56. The maximum Gasteiger partial charge on any atom is 0.295 e. The normalized spacial score (nSPS) is 13.1. The van der Waals surface area contributed by atoms with E-state index in [0.29, 0.717) is 41.9 Å². The van der Waals surface area contributed by atoms with Gasteiger partial charge in [0.05, 0.1) is 4.90 Å². The summed E-state index contributed by atoms with van der Waals surface area (Å²) in [5.74, 6) is -0.298. The highest BCUT2D eigenvalue weighted by molar-refractivity contribution is 7.86. The largest absolute Gasteiger partial charge is 0.508 e. The number of rotatable bonds is 11. The number of hydrogen-bond donors (Lipinski definition) is 3. The van der Waals surface area contributed by atoms with Crippen molar-refractivity contribution in [2.45, 2.75) is 43.7 Å². The summed E-state index contributed by atoms with van der Waals surface area (Å²) in [4.78, 5) is 1.43. The molecule has 11 heteroatoms. The molecule has 1 aliphatic rings. The summed E-state index contributed by atoms with van der Waals surface area (Å²) in [6.45, 7) is 8.56. The molecule has 0 unspecified atom stereocenters. The number of nitrogens with zero attached hydrogens (tertiary/aromatic N) is 2. The van der Waals surface area contributed by atoms with Crippen molar-refractivity contribution >= 4 is 37.2 Å². The average molecular weight is 700 g/mol. The monoisotopic (exact) mass is 699 g/mol. The van der Waals surface area contributed by atoms with Crippen LogP contribution in [0.3, 0.4) is 0 Å². The number of allylic oxidation sites excluding steroid dienone is 5. The summed E-state index contributed by atoms with van der Waals surface area (Å²) in [5.41, 5.74) is 7.01. The van der Waals surface area contributed by atoms with E-state index in [9.17, 15) is 31.0 Å². The summed E-state index contributed by atoms with van der Waals surface area (Å²) in [7, 11) is -9.06. The summed E-state index contributed by atoms with van der Waals surface area (Å²) < 4.78 is 70.4. The summed E-state index contributed by atoms with van der Waals surface area (Å²) in [6.07, 6.45) is 7.80. The summed E-state index contributed by atoms with van der Waals surface area (Å²) in [6, 6.07) is 25.9. The molecule has 0 spiro atoms. The van der Waals surface area contributed by atoms with Gasteiger partial charge in [0.15, 0.2) is 12.3 Å². The third-order valence-corrected chi connectivity index (χ3v) is 10.1. The topological polar surface area (TPSA) is 135 Å². The molecule has 49 heavy (non-hydrogen) atoms. The molecule has 0 amide bonds. The van der Waals surface area contributed by atoms with Gasteiger partial charge in [-0.25, -0.2) is 4.58 Å². The predicted molar refractivity (Wildman–Crippen MR) is 192 cm³/mol. The number of aromatic hydroxyl groups is 1. The van der Waals surface area contributed by atoms with Gasteiger partial charge in [-0.2, -0.15) is 16.8 Å². The van der Waals surface area contributed by atoms with Gasteiger partial charge in [-0.15, -0.1) is 0 Å². The van der Waals surface area contributed by atoms with Gasteiger partial charge in [0.25, 0.3) is 20.2 Å². The van der Waals surface area contributed by atoms with Crippen molar-refractivity contribution in [2.24, 2.45) is 0 Å². The van der Waals surface area contributed by atoms with Crippen LogP contribution in [-0.2, 0) is 33.3 Å². The van der Waals surface area contributed by atoms with E-state index in [-0.39, 0.29) is 16.2 Å². The van der Waals surface area contributed by atoms with Gasteiger partial charge in [0.2, 0.25) is 0 Å². The summed E-state index contributed by atoms with van der Waals surface area (Å²) in [5, 5.41) is 10.2. The molecule has 0 bridgehead atoms. The van der Waals surface area contributed by atoms with Gasteiger partial charge >= 0.3 is 0 Å². The smallest absolute Gasteiger partial charge is 0.295 e. The highest BCUT2D eigenvalue weighted by Crippen LogP contribution is 2.36. The zero-order chi connectivity index (χ0) is 35.3. The standard InChI is InChI=1S/C38H38N2O7S2/c1-4-39(25-28-9-6-8-27(3)22-28)32-16-12-30(13-17-32)38(36-21-20-34(41)24-37(36)49(45,46)47)31-14-18-33(19-15-31)40(5-2)26-29-10-7-11-35(23-29)48(42,43)44/h6-24H,4-5,25-26H2,1-3H3,(H2,42,43,44,45,46,47)/p+1. The molecule has 1 aliphatic carbocycles. The van der Waals surface area contributed by atoms with Crippen molar-refractivity contribution in [1.82, 2.24) is 0 Å². The SMILES string of the molecule is CCN(Cc1cccc(S(=O)(=O)O)c1)c1ccc(C(=C2C=CC(=[N+](CC)Cc3cccc(C)c3)C=C2)c2ccc(O)cc2S(=O)(=O)O)cc1. The van der Waals surface area contributed by atoms with Crippen LogP contribution in [0, 0.1) is 6.92 Å². The number of hydrogen-bond acceptors (Lipinski definition) is 6. The number of phenols is 1. The lowest BCUT2D eigenvalue weighted by Crippen LogP contribution is -2.22. The van der Waals surface area contributed by atoms with Gasteiger partial charge in [0, 0.05) is 48.1 Å². The van der Waals surface area contributed by atoms with Crippen LogP contribution in [0.5, 0.6) is 5.75 Å². The molecule has 0 heterocycles. The minimum atomic E-state index is -4.71. The third kappa shape index (κ3) is 8.62. The Labute approximate surface area is 288 Å². The molecule has 0 fully saturated rings. The van der Waals surface area contributed by atoms with E-state index in [4.69, 9.17) is 0 Å². The fourth-order valence-electron chi connectivity index (χ4n) is 5.91. The molecular weight excluding hydrogens is 661 g/mol. The fraction of sp³-hybridized carbons (Fsp3) is 0.184. The molecule has 9 nitrogen and oxygen atoms in total. The lowest BCUT2D eigenvalue weighted by atomic mass is 9.90. The first-order valence-electron chi connectivity index (χ1n) is 15.8. The molecule has 4 aromatic carbocycles. The second-order valence-corrected chi connectivity index (χ2v) is 14.6. The van der Waals surface area contributed by atoms with Crippen LogP contribution < -0.4 is 4.90 Å². The molecule has 5 rings (SSSR count). The molecule has 254 valence electrons. The molecule has 0 radical (unpaired) electrons. The highest BCUT2D eigenvalue weighted by atomic mass is 32.2. The van der Waals surface area contributed by atoms with Crippen molar-refractivity contribution in [1.29, 1.82) is 0 Å². The van der Waals surface area contributed by atoms with E-state index in [1.807, 2.05) is 66.5 Å². The Morgan fingerprint density at radius 3 is 2.04 bits per heavy atom. The lowest BCUT2D eigenvalue weighted by molar-refractivity contribution is -0.539. The van der Waals surface area contributed by atoms with Crippen LogP contribution in [0.2, 0.25) is 0 Å². The minimum Gasteiger partial charge on any atom is -0.508 e. The zero-order valence-corrected chi connectivity index (χ0v) is 29.1. The van der Waals surface area contributed by atoms with Crippen molar-refractivity contribution in [3.63, 3.8) is 0 Å². The second kappa shape index (κ2) is 14.8. The van der Waals surface area contributed by atoms with Crippen molar-refractivity contribution in [3.8, 4) is 5.75 Å². The predicted octanol–water partition coefficient (Wildman–Crippen LogP) is 6.82. The Bertz CT molecular complexity index is 2200. The number of benzene rings is 4. The van der Waals surface area contributed by atoms with E-state index >= 15 is 0 Å². The maximum absolute atomic E-state index is 12.6. The minimum absolute atomic E-state index is 0.178. The zero-order valence-electron chi connectivity index (χ0n) is 27.5. The molecule has 3 N–H and O–H groups in total. The lowest BCUT2D eigenvalue weighted by Gasteiger charge is -2.24. The highest BCUT2D eigenvalue weighted by Gasteiger charge is 2.23. The third-order valence-electron chi connectivity index (χ3n) is 8.34. The van der Waals surface area contributed by atoms with Crippen LogP contribution in [0.15, 0.2) is 131 Å². The quantitative estimate of drug-likeness (QED) is 0.115. The van der Waals surface area contributed by atoms with Crippen LogP contribution in [-0.4, -0.2) is 54.4 Å². The van der Waals surface area contributed by atoms with Crippen LogP contribution >= 0.6 is 0 Å². The van der Waals surface area contributed by atoms with Gasteiger partial charge in [0.1, 0.15) is 17.2 Å². The first kappa shape index (κ1) is 35.5. The molecule has 0 saturated carbocycles. The first-order chi connectivity index (χ1) is 23.3. The molecule has 0 aromatic heterocycles. The molecule has 0 aliphatic heterocycles. The van der Waals surface area contributed by atoms with E-state index in [1.54, 1.807) is 12.1 Å². The van der Waals surface area contributed by atoms with Crippen molar-refractivity contribution < 1.29 is 35.6 Å². The first-order valence-corrected chi connectivity index (χ1v) is 18.7. The van der Waals surface area contributed by atoms with Crippen LogP contribution in [0.1, 0.15) is 41.7 Å². The van der Waals surface area contributed by atoms with Gasteiger partial charge < -0.3 is 10.0 Å². The Hall–Kier alpha value is -4.81. The van der Waals surface area contributed by atoms with Crippen molar-refractivity contribution in [3.05, 3.63) is 149 Å². The van der Waals surface area contributed by atoms with E-state index in [0.717, 1.165) is 24.0 Å². The number of phenolic OH excluding ortho intramolecular Hbond substituents is 1. The van der Waals surface area contributed by atoms with E-state index in [1.165, 1.54) is 35.4 Å². The number of anilines is 1. The molecule has 0 saturated heterocycles. The van der Waals surface area contributed by atoms with Crippen molar-refractivity contribution in [2.75, 3.05) is 18.0 Å². The number of aryl methyl sites for hydroxylation is 1. The molecule has 4 aromatic rings. The van der Waals surface area contributed by atoms with E-state index in [2.05, 4.69) is 36.6 Å². The maximum atomic E-state index is 12.6. The van der Waals surface area contributed by atoms with Crippen LogP contribution in [0.25, 0.3) is 5.57 Å². The Morgan fingerprint density at radius 2 is 1.43 bits per heavy atom. The molecular formula is C38H39N2O7S2+. The van der Waals surface area contributed by atoms with Crippen LogP contribution in [0.4, 0.5) is 5.69 Å². The summed E-state index contributed by atoms with van der Waals surface area (Å²) >= 11 is 0. The van der Waals surface area contributed by atoms with Gasteiger partial charge in [-0.05, 0) is 97.7 Å². The molecule has 0 atom stereocenters. The second-order valence-electron chi connectivity index (χ2n) is 11.8. The van der Waals surface area contributed by atoms with Gasteiger partial charge in [-0.1, -0.05) is 48.0 Å².